The van der Waals surface area contributed by atoms with Gasteiger partial charge in [0.05, 0.1) is 12.6 Å². The van der Waals surface area contributed by atoms with E-state index in [0.29, 0.717) is 0 Å². The molecule has 3 nitrogen and oxygen atoms in total. The van der Waals surface area contributed by atoms with Crippen molar-refractivity contribution in [3.63, 3.8) is 0 Å². The Labute approximate surface area is 85.2 Å². The fraction of sp³-hybridized carbons (Fsp3) is 0.455. The molecule has 0 aliphatic carbocycles. The van der Waals surface area contributed by atoms with Crippen LogP contribution >= 0.6 is 0 Å². The van der Waals surface area contributed by atoms with Gasteiger partial charge in [0.1, 0.15) is 0 Å². The number of hydrogen-bond acceptors (Lipinski definition) is 3. The Morgan fingerprint density at radius 1 is 1.43 bits per heavy atom. The topological polar surface area (TPSA) is 49.5 Å². The fourth-order valence-electron chi connectivity index (χ4n) is 1.39. The van der Waals surface area contributed by atoms with Crippen LogP contribution in [0.1, 0.15) is 17.2 Å². The van der Waals surface area contributed by atoms with Crippen molar-refractivity contribution < 1.29 is 5.11 Å². The Morgan fingerprint density at radius 3 is 2.71 bits per heavy atom. The quantitative estimate of drug-likeness (QED) is 0.743. The van der Waals surface area contributed by atoms with E-state index in [0.717, 1.165) is 12.1 Å². The molecule has 0 saturated carbocycles. The van der Waals surface area contributed by atoms with Gasteiger partial charge >= 0.3 is 0 Å². The average molecular weight is 194 g/mol. The van der Waals surface area contributed by atoms with E-state index >= 15 is 0 Å². The molecule has 0 fully saturated rings. The summed E-state index contributed by atoms with van der Waals surface area (Å²) in [4.78, 5) is 2.10. The third-order valence-corrected chi connectivity index (χ3v) is 2.07. The molecule has 0 radical (unpaired) electrons. The van der Waals surface area contributed by atoms with Crippen LogP contribution in [-0.2, 0) is 6.54 Å². The van der Waals surface area contributed by atoms with Gasteiger partial charge in [-0.3, -0.25) is 0 Å². The molecule has 0 aliphatic heterocycles. The van der Waals surface area contributed by atoms with E-state index in [4.69, 9.17) is 10.8 Å². The van der Waals surface area contributed by atoms with Gasteiger partial charge in [-0.15, -0.1) is 0 Å². The molecule has 0 spiro atoms. The summed E-state index contributed by atoms with van der Waals surface area (Å²) >= 11 is 0. The number of aliphatic hydroxyl groups excluding tert-OH is 1. The van der Waals surface area contributed by atoms with Crippen LogP contribution in [0.4, 0.5) is 0 Å². The molecule has 0 amide bonds. The second kappa shape index (κ2) is 5.10. The van der Waals surface area contributed by atoms with Crippen LogP contribution in [0, 0.1) is 0 Å². The lowest BCUT2D eigenvalue weighted by Gasteiger charge is -2.13. The van der Waals surface area contributed by atoms with Gasteiger partial charge < -0.3 is 15.7 Å². The normalized spacial score (nSPS) is 13.2. The molecule has 78 valence electrons. The van der Waals surface area contributed by atoms with E-state index in [1.54, 1.807) is 0 Å². The number of nitrogens with two attached hydrogens (primary N) is 1. The maximum Gasteiger partial charge on any atom is 0.0624 e. The largest absolute Gasteiger partial charge is 0.394 e. The highest BCUT2D eigenvalue weighted by Crippen LogP contribution is 2.12. The highest BCUT2D eigenvalue weighted by Gasteiger charge is 2.04. The standard InChI is InChI=1S/C11H18N2O/c1-13(2)7-9-4-3-5-10(6-9)11(12)8-14/h3-6,11,14H,7-8,12H2,1-2H3/t11-/m0/s1. The lowest BCUT2D eigenvalue weighted by molar-refractivity contribution is 0.268. The minimum absolute atomic E-state index is 0.00851. The number of nitrogens with zero attached hydrogens (tertiary/aromatic N) is 1. The molecule has 14 heavy (non-hydrogen) atoms. The minimum atomic E-state index is -0.267. The summed E-state index contributed by atoms with van der Waals surface area (Å²) in [5.74, 6) is 0. The van der Waals surface area contributed by atoms with Crippen LogP contribution in [0.3, 0.4) is 0 Å². The van der Waals surface area contributed by atoms with Crippen LogP contribution in [0.15, 0.2) is 24.3 Å². The van der Waals surface area contributed by atoms with Gasteiger partial charge in [-0.25, -0.2) is 0 Å². The van der Waals surface area contributed by atoms with E-state index in [1.807, 2.05) is 32.3 Å². The van der Waals surface area contributed by atoms with Crippen LogP contribution in [-0.4, -0.2) is 30.7 Å². The molecule has 1 atom stereocenters. The molecule has 0 saturated heterocycles. The second-order valence-corrected chi connectivity index (χ2v) is 3.77. The Morgan fingerprint density at radius 2 is 2.14 bits per heavy atom. The van der Waals surface area contributed by atoms with Crippen molar-refractivity contribution in [3.8, 4) is 0 Å². The Kier molecular flexibility index (Phi) is 4.07. The summed E-state index contributed by atoms with van der Waals surface area (Å²) in [6, 6.07) is 7.76. The second-order valence-electron chi connectivity index (χ2n) is 3.77. The minimum Gasteiger partial charge on any atom is -0.394 e. The van der Waals surface area contributed by atoms with Crippen molar-refractivity contribution in [2.75, 3.05) is 20.7 Å². The first-order valence-electron chi connectivity index (χ1n) is 4.73. The molecular weight excluding hydrogens is 176 g/mol. The Bertz CT molecular complexity index is 286. The molecule has 0 heterocycles. The van der Waals surface area contributed by atoms with Crippen LogP contribution in [0.5, 0.6) is 0 Å². The van der Waals surface area contributed by atoms with E-state index in [-0.39, 0.29) is 12.6 Å². The highest BCUT2D eigenvalue weighted by atomic mass is 16.3. The van der Waals surface area contributed by atoms with Gasteiger partial charge in [-0.2, -0.15) is 0 Å². The van der Waals surface area contributed by atoms with Gasteiger partial charge in [-0.05, 0) is 25.2 Å². The highest BCUT2D eigenvalue weighted by molar-refractivity contribution is 5.25. The summed E-state index contributed by atoms with van der Waals surface area (Å²) in [7, 11) is 4.05. The molecule has 1 aromatic rings. The third kappa shape index (κ3) is 3.10. The molecule has 0 bridgehead atoms. The van der Waals surface area contributed by atoms with Crippen molar-refractivity contribution in [1.82, 2.24) is 4.90 Å². The monoisotopic (exact) mass is 194 g/mol. The molecule has 0 unspecified atom stereocenters. The van der Waals surface area contributed by atoms with Crippen molar-refractivity contribution in [3.05, 3.63) is 35.4 Å². The van der Waals surface area contributed by atoms with E-state index in [1.165, 1.54) is 5.56 Å². The summed E-state index contributed by atoms with van der Waals surface area (Å²) in [6.07, 6.45) is 0. The maximum absolute atomic E-state index is 8.93. The number of aliphatic hydroxyl groups is 1. The summed E-state index contributed by atoms with van der Waals surface area (Å²) < 4.78 is 0. The smallest absolute Gasteiger partial charge is 0.0624 e. The lowest BCUT2D eigenvalue weighted by Crippen LogP contribution is -2.15. The molecular formula is C11H18N2O. The van der Waals surface area contributed by atoms with E-state index in [2.05, 4.69) is 11.0 Å². The summed E-state index contributed by atoms with van der Waals surface area (Å²) in [5.41, 5.74) is 7.94. The van der Waals surface area contributed by atoms with Gasteiger partial charge in [0.2, 0.25) is 0 Å². The van der Waals surface area contributed by atoms with Crippen molar-refractivity contribution in [2.45, 2.75) is 12.6 Å². The summed E-state index contributed by atoms with van der Waals surface area (Å²) in [6.45, 7) is 0.886. The molecule has 0 aliphatic rings. The maximum atomic E-state index is 8.93. The Hall–Kier alpha value is -0.900. The number of benzene rings is 1. The first-order valence-corrected chi connectivity index (χ1v) is 4.73. The SMILES string of the molecule is CN(C)Cc1cccc([C@@H](N)CO)c1. The van der Waals surface area contributed by atoms with E-state index in [9.17, 15) is 0 Å². The predicted octanol–water partition coefficient (Wildman–Crippen LogP) is 0.740. The van der Waals surface area contributed by atoms with Crippen molar-refractivity contribution >= 4 is 0 Å². The number of rotatable bonds is 4. The molecule has 0 aromatic heterocycles. The van der Waals surface area contributed by atoms with Crippen molar-refractivity contribution in [1.29, 1.82) is 0 Å². The van der Waals surface area contributed by atoms with Crippen LogP contribution in [0.2, 0.25) is 0 Å². The van der Waals surface area contributed by atoms with Gasteiger partial charge in [0.25, 0.3) is 0 Å². The van der Waals surface area contributed by atoms with Crippen LogP contribution in [0.25, 0.3) is 0 Å². The fourth-order valence-corrected chi connectivity index (χ4v) is 1.39. The zero-order valence-electron chi connectivity index (χ0n) is 8.77. The first-order chi connectivity index (χ1) is 6.63. The first kappa shape index (κ1) is 11.2. The average Bonchev–Trinajstić information content (AvgIpc) is 2.16. The van der Waals surface area contributed by atoms with Crippen LogP contribution < -0.4 is 5.73 Å². The predicted molar refractivity (Wildman–Crippen MR) is 57.8 cm³/mol. The molecule has 3 N–H and O–H groups in total. The molecule has 1 aromatic carbocycles. The Balaban J connectivity index is 2.78. The summed E-state index contributed by atoms with van der Waals surface area (Å²) in [5, 5.41) is 8.93. The number of hydrogen-bond donors (Lipinski definition) is 2. The zero-order valence-corrected chi connectivity index (χ0v) is 8.77. The lowest BCUT2D eigenvalue weighted by atomic mass is 10.1. The third-order valence-electron chi connectivity index (χ3n) is 2.07. The van der Waals surface area contributed by atoms with E-state index < -0.39 is 0 Å². The van der Waals surface area contributed by atoms with Gasteiger partial charge in [0, 0.05) is 6.54 Å². The van der Waals surface area contributed by atoms with Gasteiger partial charge in [0.15, 0.2) is 0 Å². The molecule has 3 heteroatoms. The zero-order chi connectivity index (χ0) is 10.6. The van der Waals surface area contributed by atoms with Gasteiger partial charge in [-0.1, -0.05) is 24.3 Å². The van der Waals surface area contributed by atoms with Crippen molar-refractivity contribution in [2.24, 2.45) is 5.73 Å². The molecule has 1 rings (SSSR count).